The molecule has 0 spiro atoms. The molecule has 1 heterocycles. The summed E-state index contributed by atoms with van der Waals surface area (Å²) in [6.07, 6.45) is 3.37. The Kier molecular flexibility index (Phi) is 9.57. The first kappa shape index (κ1) is 22.0. The molecule has 1 aliphatic rings. The van der Waals surface area contributed by atoms with Gasteiger partial charge in [0.15, 0.2) is 0 Å². The first-order chi connectivity index (χ1) is 11.5. The molecule has 2 rings (SSSR count). The second kappa shape index (κ2) is 10.9. The van der Waals surface area contributed by atoms with Crippen molar-refractivity contribution in [1.29, 1.82) is 0 Å². The third kappa shape index (κ3) is 6.33. The monoisotopic (exact) mass is 407 g/mol. The summed E-state index contributed by atoms with van der Waals surface area (Å²) in [5.74, 6) is -0.0904. The van der Waals surface area contributed by atoms with Crippen LogP contribution in [0.2, 0.25) is 10.0 Å². The first-order valence-corrected chi connectivity index (χ1v) is 8.97. The van der Waals surface area contributed by atoms with Crippen LogP contribution in [0.25, 0.3) is 0 Å². The summed E-state index contributed by atoms with van der Waals surface area (Å²) < 4.78 is 0. The van der Waals surface area contributed by atoms with Crippen molar-refractivity contribution in [2.24, 2.45) is 5.73 Å². The third-order valence-electron chi connectivity index (χ3n) is 4.24. The van der Waals surface area contributed by atoms with E-state index in [1.807, 2.05) is 4.90 Å². The quantitative estimate of drug-likeness (QED) is 0.760. The maximum Gasteiger partial charge on any atom is 0.227 e. The number of hydrogen-bond acceptors (Lipinski definition) is 3. The van der Waals surface area contributed by atoms with E-state index in [2.05, 4.69) is 5.32 Å². The standard InChI is InChI=1S/C17H23Cl2N3O2.ClH/c18-14-5-3-6-15(19)13(14)10-17(24)22-9-2-1-4-12(22)11-21-16(23)7-8-20;/h3,5-6,12H,1-2,4,7-11,20H2,(H,21,23);1H. The average molecular weight is 409 g/mol. The fourth-order valence-corrected chi connectivity index (χ4v) is 3.48. The van der Waals surface area contributed by atoms with Crippen LogP contribution in [-0.2, 0) is 16.0 Å². The molecular weight excluding hydrogens is 385 g/mol. The van der Waals surface area contributed by atoms with E-state index in [4.69, 9.17) is 28.9 Å². The predicted octanol–water partition coefficient (Wildman–Crippen LogP) is 2.80. The molecule has 8 heteroatoms. The van der Waals surface area contributed by atoms with Gasteiger partial charge < -0.3 is 16.0 Å². The number of nitrogens with two attached hydrogens (primary N) is 1. The SMILES string of the molecule is Cl.NCCC(=O)NCC1CCCCN1C(=O)Cc1c(Cl)cccc1Cl. The number of amides is 2. The Morgan fingerprint density at radius 3 is 2.56 bits per heavy atom. The third-order valence-corrected chi connectivity index (χ3v) is 4.95. The number of rotatable bonds is 6. The summed E-state index contributed by atoms with van der Waals surface area (Å²) in [5, 5.41) is 3.86. The van der Waals surface area contributed by atoms with Crippen molar-refractivity contribution >= 4 is 47.4 Å². The summed E-state index contributed by atoms with van der Waals surface area (Å²) in [7, 11) is 0. The summed E-state index contributed by atoms with van der Waals surface area (Å²) >= 11 is 12.3. The molecule has 3 N–H and O–H groups in total. The molecule has 140 valence electrons. The van der Waals surface area contributed by atoms with Crippen molar-refractivity contribution in [2.45, 2.75) is 38.1 Å². The van der Waals surface area contributed by atoms with Gasteiger partial charge in [0.25, 0.3) is 0 Å². The van der Waals surface area contributed by atoms with E-state index in [1.165, 1.54) is 0 Å². The van der Waals surface area contributed by atoms with Gasteiger partial charge in [0.1, 0.15) is 0 Å². The molecule has 1 aromatic carbocycles. The van der Waals surface area contributed by atoms with Crippen LogP contribution in [0.1, 0.15) is 31.2 Å². The van der Waals surface area contributed by atoms with Crippen molar-refractivity contribution in [3.8, 4) is 0 Å². The molecular formula is C17H24Cl3N3O2. The topological polar surface area (TPSA) is 75.4 Å². The summed E-state index contributed by atoms with van der Waals surface area (Å²) in [6, 6.07) is 5.23. The number of benzene rings is 1. The Morgan fingerprint density at radius 2 is 1.92 bits per heavy atom. The van der Waals surface area contributed by atoms with Crippen LogP contribution in [0.4, 0.5) is 0 Å². The molecule has 1 aliphatic heterocycles. The maximum absolute atomic E-state index is 12.7. The lowest BCUT2D eigenvalue weighted by Crippen LogP contribution is -2.50. The van der Waals surface area contributed by atoms with Crippen LogP contribution in [0, 0.1) is 0 Å². The number of piperidine rings is 1. The largest absolute Gasteiger partial charge is 0.354 e. The smallest absolute Gasteiger partial charge is 0.227 e. The minimum absolute atomic E-state index is 0. The first-order valence-electron chi connectivity index (χ1n) is 8.22. The number of likely N-dealkylation sites (tertiary alicyclic amines) is 1. The zero-order valence-electron chi connectivity index (χ0n) is 14.0. The molecule has 0 saturated carbocycles. The van der Waals surface area contributed by atoms with Crippen molar-refractivity contribution in [3.05, 3.63) is 33.8 Å². The van der Waals surface area contributed by atoms with Crippen LogP contribution < -0.4 is 11.1 Å². The van der Waals surface area contributed by atoms with Gasteiger partial charge in [-0.2, -0.15) is 0 Å². The number of nitrogens with zero attached hydrogens (tertiary/aromatic N) is 1. The molecule has 1 unspecified atom stereocenters. The highest BCUT2D eigenvalue weighted by Crippen LogP contribution is 2.26. The molecule has 2 amide bonds. The van der Waals surface area contributed by atoms with Gasteiger partial charge in [-0.25, -0.2) is 0 Å². The van der Waals surface area contributed by atoms with Gasteiger partial charge in [-0.1, -0.05) is 29.3 Å². The lowest BCUT2D eigenvalue weighted by molar-refractivity contribution is -0.134. The molecule has 1 atom stereocenters. The zero-order chi connectivity index (χ0) is 17.5. The van der Waals surface area contributed by atoms with E-state index in [-0.39, 0.29) is 36.7 Å². The highest BCUT2D eigenvalue weighted by atomic mass is 35.5. The van der Waals surface area contributed by atoms with Gasteiger partial charge in [-0.3, -0.25) is 9.59 Å². The fraction of sp³-hybridized carbons (Fsp3) is 0.529. The van der Waals surface area contributed by atoms with Gasteiger partial charge in [0.05, 0.1) is 6.42 Å². The van der Waals surface area contributed by atoms with E-state index in [9.17, 15) is 9.59 Å². The van der Waals surface area contributed by atoms with Crippen LogP contribution in [0.3, 0.4) is 0 Å². The number of nitrogens with one attached hydrogen (secondary N) is 1. The molecule has 25 heavy (non-hydrogen) atoms. The van der Waals surface area contributed by atoms with Gasteiger partial charge in [0.2, 0.25) is 11.8 Å². The average Bonchev–Trinajstić information content (AvgIpc) is 2.57. The minimum Gasteiger partial charge on any atom is -0.354 e. The number of carbonyl (C=O) groups is 2. The Morgan fingerprint density at radius 1 is 1.24 bits per heavy atom. The van der Waals surface area contributed by atoms with Crippen LogP contribution in [0.15, 0.2) is 18.2 Å². The van der Waals surface area contributed by atoms with Crippen LogP contribution >= 0.6 is 35.6 Å². The molecule has 0 radical (unpaired) electrons. The molecule has 1 aromatic rings. The van der Waals surface area contributed by atoms with Crippen molar-refractivity contribution < 1.29 is 9.59 Å². The van der Waals surface area contributed by atoms with E-state index in [1.54, 1.807) is 18.2 Å². The molecule has 0 aromatic heterocycles. The highest BCUT2D eigenvalue weighted by molar-refractivity contribution is 6.36. The second-order valence-corrected chi connectivity index (χ2v) is 6.77. The molecule has 0 bridgehead atoms. The summed E-state index contributed by atoms with van der Waals surface area (Å²) in [6.45, 7) is 1.48. The Labute approximate surface area is 164 Å². The van der Waals surface area contributed by atoms with E-state index >= 15 is 0 Å². The number of carbonyl (C=O) groups excluding carboxylic acids is 2. The normalized spacial score (nSPS) is 16.9. The van der Waals surface area contributed by atoms with E-state index in [0.29, 0.717) is 41.7 Å². The summed E-state index contributed by atoms with van der Waals surface area (Å²) in [4.78, 5) is 26.2. The van der Waals surface area contributed by atoms with Gasteiger partial charge >= 0.3 is 0 Å². The van der Waals surface area contributed by atoms with Crippen LogP contribution in [0.5, 0.6) is 0 Å². The van der Waals surface area contributed by atoms with Gasteiger partial charge in [-0.05, 0) is 37.0 Å². The lowest BCUT2D eigenvalue weighted by atomic mass is 10.0. The van der Waals surface area contributed by atoms with E-state index in [0.717, 1.165) is 19.3 Å². The molecule has 1 fully saturated rings. The second-order valence-electron chi connectivity index (χ2n) is 5.96. The van der Waals surface area contributed by atoms with Crippen molar-refractivity contribution in [2.75, 3.05) is 19.6 Å². The molecule has 5 nitrogen and oxygen atoms in total. The Balaban J connectivity index is 0.00000312. The van der Waals surface area contributed by atoms with E-state index < -0.39 is 0 Å². The lowest BCUT2D eigenvalue weighted by Gasteiger charge is -2.36. The van der Waals surface area contributed by atoms with Crippen LogP contribution in [-0.4, -0.2) is 42.4 Å². The Bertz CT molecular complexity index is 578. The predicted molar refractivity (Wildman–Crippen MR) is 103 cm³/mol. The molecule has 0 aliphatic carbocycles. The van der Waals surface area contributed by atoms with Crippen molar-refractivity contribution in [3.63, 3.8) is 0 Å². The zero-order valence-corrected chi connectivity index (χ0v) is 16.3. The maximum atomic E-state index is 12.7. The highest BCUT2D eigenvalue weighted by Gasteiger charge is 2.27. The number of halogens is 3. The minimum atomic E-state index is -0.0791. The van der Waals surface area contributed by atoms with Gasteiger partial charge in [-0.15, -0.1) is 12.4 Å². The molecule has 1 saturated heterocycles. The number of hydrogen-bond donors (Lipinski definition) is 2. The van der Waals surface area contributed by atoms with Gasteiger partial charge in [0, 0.05) is 42.1 Å². The Hall–Kier alpha value is -1.01. The van der Waals surface area contributed by atoms with Crippen molar-refractivity contribution in [1.82, 2.24) is 10.2 Å². The fourth-order valence-electron chi connectivity index (χ4n) is 2.95. The summed E-state index contributed by atoms with van der Waals surface area (Å²) in [5.41, 5.74) is 6.03.